The Morgan fingerprint density at radius 3 is 2.31 bits per heavy atom. The molecule has 0 aliphatic carbocycles. The maximum absolute atomic E-state index is 13.1. The molecule has 214 valence electrons. The van der Waals surface area contributed by atoms with Crippen molar-refractivity contribution in [3.63, 3.8) is 0 Å². The number of benzene rings is 2. The summed E-state index contributed by atoms with van der Waals surface area (Å²) in [6, 6.07) is 14.4. The standard InChI is InChI=1S/C27H40N6O5S/c1-21-13-15-23(16-14-21)39(36,37)33(27(29)30)19-9-12-24(26(35)31-18-8-3-2-7-17-28)32-38-25(34)20-22-10-5-4-6-11-22/h4-6,10-11,13-16,24,32H,2-3,7-9,12,17-20,28H2,1H3,(H3,29,30)(H,31,35). The summed E-state index contributed by atoms with van der Waals surface area (Å²) in [6.07, 6.45) is 3.92. The molecule has 12 heteroatoms. The van der Waals surface area contributed by atoms with Gasteiger partial charge in [0, 0.05) is 13.1 Å². The van der Waals surface area contributed by atoms with Crippen LogP contribution in [0.2, 0.25) is 0 Å². The van der Waals surface area contributed by atoms with Crippen LogP contribution in [0.5, 0.6) is 0 Å². The van der Waals surface area contributed by atoms with Gasteiger partial charge >= 0.3 is 5.97 Å². The van der Waals surface area contributed by atoms with Crippen LogP contribution in [0.3, 0.4) is 0 Å². The summed E-state index contributed by atoms with van der Waals surface area (Å²) >= 11 is 0. The fraction of sp³-hybridized carbons (Fsp3) is 0.444. The van der Waals surface area contributed by atoms with Crippen LogP contribution >= 0.6 is 0 Å². The Balaban J connectivity index is 2.00. The minimum Gasteiger partial charge on any atom is -0.370 e. The summed E-state index contributed by atoms with van der Waals surface area (Å²) in [7, 11) is -4.05. The van der Waals surface area contributed by atoms with Gasteiger partial charge in [-0.2, -0.15) is 0 Å². The Bertz CT molecular complexity index is 1160. The van der Waals surface area contributed by atoms with Gasteiger partial charge in [0.25, 0.3) is 10.0 Å². The van der Waals surface area contributed by atoms with E-state index in [4.69, 9.17) is 21.7 Å². The van der Waals surface area contributed by atoms with Gasteiger partial charge in [0.05, 0.1) is 11.3 Å². The van der Waals surface area contributed by atoms with E-state index in [1.807, 2.05) is 25.1 Å². The van der Waals surface area contributed by atoms with Crippen molar-refractivity contribution in [1.82, 2.24) is 15.1 Å². The topological polar surface area (TPSA) is 181 Å². The molecule has 0 aliphatic rings. The zero-order valence-electron chi connectivity index (χ0n) is 22.4. The van der Waals surface area contributed by atoms with E-state index in [1.165, 1.54) is 12.1 Å². The first-order valence-electron chi connectivity index (χ1n) is 13.1. The lowest BCUT2D eigenvalue weighted by Crippen LogP contribution is -2.46. The minimum absolute atomic E-state index is 0.0141. The second-order valence-corrected chi connectivity index (χ2v) is 11.1. The van der Waals surface area contributed by atoms with E-state index in [1.54, 1.807) is 24.3 Å². The molecule has 0 aliphatic heterocycles. The summed E-state index contributed by atoms with van der Waals surface area (Å²) in [5, 5.41) is 10.7. The third-order valence-electron chi connectivity index (χ3n) is 5.98. The van der Waals surface area contributed by atoms with E-state index in [0.29, 0.717) is 13.1 Å². The number of sulfonamides is 1. The molecule has 7 N–H and O–H groups in total. The molecule has 1 unspecified atom stereocenters. The number of carbonyl (C=O) groups is 2. The Morgan fingerprint density at radius 1 is 1.00 bits per heavy atom. The molecular formula is C27H40N6O5S. The summed E-state index contributed by atoms with van der Waals surface area (Å²) in [5.74, 6) is -1.57. The van der Waals surface area contributed by atoms with Crippen molar-refractivity contribution in [2.45, 2.75) is 62.8 Å². The molecule has 39 heavy (non-hydrogen) atoms. The number of hydrogen-bond acceptors (Lipinski definition) is 8. The monoisotopic (exact) mass is 560 g/mol. The van der Waals surface area contributed by atoms with E-state index < -0.39 is 28.0 Å². The Kier molecular flexibility index (Phi) is 13.4. The van der Waals surface area contributed by atoms with Crippen molar-refractivity contribution in [2.24, 2.45) is 11.5 Å². The highest BCUT2D eigenvalue weighted by molar-refractivity contribution is 7.89. The van der Waals surface area contributed by atoms with Gasteiger partial charge in [-0.25, -0.2) is 12.7 Å². The highest BCUT2D eigenvalue weighted by atomic mass is 32.2. The number of carbonyl (C=O) groups excluding carboxylic acids is 2. The second kappa shape index (κ2) is 16.5. The van der Waals surface area contributed by atoms with Crippen LogP contribution in [0, 0.1) is 12.3 Å². The Labute approximate surface area is 230 Å². The number of hydrogen-bond donors (Lipinski definition) is 5. The summed E-state index contributed by atoms with van der Waals surface area (Å²) in [5.41, 5.74) is 15.3. The molecule has 1 atom stereocenters. The van der Waals surface area contributed by atoms with Gasteiger partial charge in [-0.05, 0) is 56.8 Å². The lowest BCUT2D eigenvalue weighted by atomic mass is 10.1. The molecule has 2 aromatic carbocycles. The van der Waals surface area contributed by atoms with Crippen LogP contribution in [0.1, 0.15) is 49.7 Å². The quantitative estimate of drug-likeness (QED) is 0.0842. The van der Waals surface area contributed by atoms with Crippen LogP contribution in [0.15, 0.2) is 59.5 Å². The molecule has 2 rings (SSSR count). The first-order chi connectivity index (χ1) is 18.6. The number of nitrogens with one attached hydrogen (secondary N) is 3. The number of guanidine groups is 1. The van der Waals surface area contributed by atoms with Crippen molar-refractivity contribution in [1.29, 1.82) is 5.41 Å². The van der Waals surface area contributed by atoms with E-state index in [9.17, 15) is 18.0 Å². The van der Waals surface area contributed by atoms with Crippen molar-refractivity contribution in [3.8, 4) is 0 Å². The Hall–Kier alpha value is -3.48. The molecule has 0 aromatic heterocycles. The molecule has 0 saturated carbocycles. The van der Waals surface area contributed by atoms with E-state index in [2.05, 4.69) is 10.8 Å². The first kappa shape index (κ1) is 31.7. The first-order valence-corrected chi connectivity index (χ1v) is 14.5. The third-order valence-corrected chi connectivity index (χ3v) is 7.81. The maximum atomic E-state index is 13.1. The number of hydroxylamine groups is 1. The van der Waals surface area contributed by atoms with Gasteiger partial charge in [0.15, 0.2) is 0 Å². The summed E-state index contributed by atoms with van der Waals surface area (Å²) < 4.78 is 26.9. The van der Waals surface area contributed by atoms with Crippen molar-refractivity contribution in [3.05, 3.63) is 65.7 Å². The number of nitrogens with zero attached hydrogens (tertiary/aromatic N) is 1. The summed E-state index contributed by atoms with van der Waals surface area (Å²) in [4.78, 5) is 30.4. The molecule has 0 radical (unpaired) electrons. The zero-order chi connectivity index (χ0) is 28.7. The van der Waals surface area contributed by atoms with Gasteiger partial charge in [0.2, 0.25) is 11.9 Å². The van der Waals surface area contributed by atoms with Crippen molar-refractivity contribution < 1.29 is 22.8 Å². The number of nitrogens with two attached hydrogens (primary N) is 2. The highest BCUT2D eigenvalue weighted by Gasteiger charge is 2.27. The minimum atomic E-state index is -4.05. The largest absolute Gasteiger partial charge is 0.370 e. The number of amides is 1. The molecule has 1 amide bonds. The zero-order valence-corrected chi connectivity index (χ0v) is 23.2. The van der Waals surface area contributed by atoms with E-state index in [0.717, 1.165) is 41.1 Å². The average molecular weight is 561 g/mol. The van der Waals surface area contributed by atoms with Crippen molar-refractivity contribution >= 4 is 27.9 Å². The molecule has 0 bridgehead atoms. The maximum Gasteiger partial charge on any atom is 0.329 e. The molecular weight excluding hydrogens is 520 g/mol. The fourth-order valence-corrected chi connectivity index (χ4v) is 5.15. The number of unbranched alkanes of at least 4 members (excludes halogenated alkanes) is 3. The van der Waals surface area contributed by atoms with Crippen molar-refractivity contribution in [2.75, 3.05) is 19.6 Å². The third kappa shape index (κ3) is 11.0. The van der Waals surface area contributed by atoms with Crippen LogP contribution in [-0.4, -0.2) is 56.2 Å². The van der Waals surface area contributed by atoms with Crippen LogP contribution in [0.4, 0.5) is 0 Å². The van der Waals surface area contributed by atoms with E-state index in [-0.39, 0.29) is 36.6 Å². The summed E-state index contributed by atoms with van der Waals surface area (Å²) in [6.45, 7) is 2.78. The molecule has 0 fully saturated rings. The molecule has 0 saturated heterocycles. The van der Waals surface area contributed by atoms with Crippen LogP contribution in [-0.2, 0) is 30.9 Å². The predicted octanol–water partition coefficient (Wildman–Crippen LogP) is 1.95. The number of rotatable bonds is 17. The van der Waals surface area contributed by atoms with Crippen LogP contribution < -0.4 is 22.3 Å². The molecule has 2 aromatic rings. The lowest BCUT2D eigenvalue weighted by Gasteiger charge is -2.24. The van der Waals surface area contributed by atoms with Gasteiger partial charge in [-0.15, -0.1) is 5.48 Å². The van der Waals surface area contributed by atoms with Crippen LogP contribution in [0.25, 0.3) is 0 Å². The SMILES string of the molecule is Cc1ccc(S(=O)(=O)N(CCCC(NOC(=O)Cc2ccccc2)C(=O)NCCCCCCN)C(=N)N)cc1. The average Bonchev–Trinajstić information content (AvgIpc) is 2.90. The number of aryl methyl sites for hydroxylation is 1. The second-order valence-electron chi connectivity index (χ2n) is 9.22. The van der Waals surface area contributed by atoms with Gasteiger partial charge in [-0.1, -0.05) is 60.9 Å². The lowest BCUT2D eigenvalue weighted by molar-refractivity contribution is -0.154. The predicted molar refractivity (Wildman–Crippen MR) is 150 cm³/mol. The van der Waals surface area contributed by atoms with E-state index >= 15 is 0 Å². The molecule has 0 spiro atoms. The normalized spacial score (nSPS) is 11.9. The van der Waals surface area contributed by atoms with Gasteiger partial charge in [0.1, 0.15) is 6.04 Å². The Morgan fingerprint density at radius 2 is 1.67 bits per heavy atom. The molecule has 0 heterocycles. The van der Waals surface area contributed by atoms with Gasteiger partial charge in [-0.3, -0.25) is 15.0 Å². The highest BCUT2D eigenvalue weighted by Crippen LogP contribution is 2.17. The smallest absolute Gasteiger partial charge is 0.329 e. The van der Waals surface area contributed by atoms with Gasteiger partial charge < -0.3 is 21.6 Å². The fourth-order valence-electron chi connectivity index (χ4n) is 3.78. The molecule has 11 nitrogen and oxygen atoms in total.